The average molecular weight is 178 g/mol. The summed E-state index contributed by atoms with van der Waals surface area (Å²) in [5.74, 6) is -1.80. The topological polar surface area (TPSA) is 106 Å². The standard InChI is InChI=1S/C4H7N2O4P/c7-4(11(8,9)10)3-1-5-2-6-3/h1-2,4,7H,(H,5,6)(H2,8,9,10). The minimum Gasteiger partial charge on any atom is -0.375 e. The summed E-state index contributed by atoms with van der Waals surface area (Å²) in [6.45, 7) is 0. The van der Waals surface area contributed by atoms with Crippen molar-refractivity contribution < 1.29 is 19.5 Å². The Bertz CT molecular complexity index is 266. The molecule has 0 aromatic carbocycles. The first-order chi connectivity index (χ1) is 5.02. The number of H-pyrrole nitrogens is 1. The van der Waals surface area contributed by atoms with E-state index in [-0.39, 0.29) is 5.69 Å². The number of aromatic amines is 1. The molecule has 11 heavy (non-hydrogen) atoms. The Kier molecular flexibility index (Phi) is 2.10. The molecule has 0 saturated heterocycles. The van der Waals surface area contributed by atoms with E-state index in [0.717, 1.165) is 6.20 Å². The van der Waals surface area contributed by atoms with E-state index in [2.05, 4.69) is 9.97 Å². The number of aliphatic hydroxyl groups excluding tert-OH is 1. The van der Waals surface area contributed by atoms with Crippen LogP contribution in [0.4, 0.5) is 0 Å². The van der Waals surface area contributed by atoms with Gasteiger partial charge in [0.15, 0.2) is 5.85 Å². The Labute approximate surface area is 62.1 Å². The molecule has 0 saturated carbocycles. The van der Waals surface area contributed by atoms with Crippen LogP contribution in [0.15, 0.2) is 12.5 Å². The molecule has 1 atom stereocenters. The third-order valence-electron chi connectivity index (χ3n) is 1.12. The van der Waals surface area contributed by atoms with Crippen LogP contribution in [0.2, 0.25) is 0 Å². The predicted molar refractivity (Wildman–Crippen MR) is 35.6 cm³/mol. The maximum Gasteiger partial charge on any atom is 0.359 e. The van der Waals surface area contributed by atoms with Crippen LogP contribution in [-0.4, -0.2) is 24.9 Å². The van der Waals surface area contributed by atoms with Crippen molar-refractivity contribution in [3.63, 3.8) is 0 Å². The molecule has 1 heterocycles. The first kappa shape index (κ1) is 8.42. The smallest absolute Gasteiger partial charge is 0.359 e. The highest BCUT2D eigenvalue weighted by Crippen LogP contribution is 2.48. The molecule has 0 bridgehead atoms. The summed E-state index contributed by atoms with van der Waals surface area (Å²) in [6, 6.07) is 0. The molecule has 0 amide bonds. The van der Waals surface area contributed by atoms with Crippen LogP contribution in [-0.2, 0) is 4.57 Å². The SMILES string of the molecule is O=P(O)(O)C(O)c1cnc[nH]1. The van der Waals surface area contributed by atoms with Gasteiger partial charge in [-0.25, -0.2) is 4.98 Å². The fourth-order valence-corrected chi connectivity index (χ4v) is 1.09. The van der Waals surface area contributed by atoms with Crippen molar-refractivity contribution in [1.29, 1.82) is 0 Å². The van der Waals surface area contributed by atoms with Gasteiger partial charge in [0.25, 0.3) is 0 Å². The Morgan fingerprint density at radius 2 is 2.27 bits per heavy atom. The van der Waals surface area contributed by atoms with Crippen LogP contribution < -0.4 is 0 Å². The second-order valence-electron chi connectivity index (χ2n) is 1.97. The first-order valence-electron chi connectivity index (χ1n) is 2.73. The zero-order valence-corrected chi connectivity index (χ0v) is 6.27. The summed E-state index contributed by atoms with van der Waals surface area (Å²) < 4.78 is 10.4. The lowest BCUT2D eigenvalue weighted by atomic mass is 10.5. The molecule has 6 nitrogen and oxygen atoms in total. The molecule has 0 spiro atoms. The van der Waals surface area contributed by atoms with E-state index in [1.807, 2.05) is 0 Å². The molecule has 7 heteroatoms. The number of nitrogens with zero attached hydrogens (tertiary/aromatic N) is 1. The predicted octanol–water partition coefficient (Wildman–Crippen LogP) is -0.422. The molecule has 0 aliphatic carbocycles. The number of hydrogen-bond acceptors (Lipinski definition) is 3. The van der Waals surface area contributed by atoms with Gasteiger partial charge in [-0.1, -0.05) is 0 Å². The van der Waals surface area contributed by atoms with Gasteiger partial charge < -0.3 is 19.9 Å². The van der Waals surface area contributed by atoms with Gasteiger partial charge in [-0.15, -0.1) is 0 Å². The maximum absolute atomic E-state index is 10.4. The van der Waals surface area contributed by atoms with Crippen molar-refractivity contribution in [1.82, 2.24) is 9.97 Å². The molecule has 1 aromatic heterocycles. The van der Waals surface area contributed by atoms with Gasteiger partial charge >= 0.3 is 7.60 Å². The van der Waals surface area contributed by atoms with Crippen molar-refractivity contribution >= 4 is 7.60 Å². The van der Waals surface area contributed by atoms with Crippen molar-refractivity contribution in [3.05, 3.63) is 18.2 Å². The van der Waals surface area contributed by atoms with Crippen LogP contribution in [0.5, 0.6) is 0 Å². The molecule has 1 unspecified atom stereocenters. The Balaban J connectivity index is 2.87. The fraction of sp³-hybridized carbons (Fsp3) is 0.250. The Morgan fingerprint density at radius 3 is 2.64 bits per heavy atom. The number of hydrogen-bond donors (Lipinski definition) is 4. The van der Waals surface area contributed by atoms with E-state index in [0.29, 0.717) is 0 Å². The first-order valence-corrected chi connectivity index (χ1v) is 4.41. The van der Waals surface area contributed by atoms with Crippen LogP contribution in [0.25, 0.3) is 0 Å². The van der Waals surface area contributed by atoms with E-state index in [4.69, 9.17) is 14.9 Å². The molecular weight excluding hydrogens is 171 g/mol. The van der Waals surface area contributed by atoms with E-state index in [1.165, 1.54) is 6.33 Å². The largest absolute Gasteiger partial charge is 0.375 e. The van der Waals surface area contributed by atoms with Crippen LogP contribution in [0.3, 0.4) is 0 Å². The van der Waals surface area contributed by atoms with Gasteiger partial charge in [0.05, 0.1) is 18.2 Å². The minimum absolute atomic E-state index is 0.0123. The van der Waals surface area contributed by atoms with Crippen LogP contribution in [0, 0.1) is 0 Å². The van der Waals surface area contributed by atoms with E-state index >= 15 is 0 Å². The number of nitrogens with one attached hydrogen (secondary N) is 1. The molecular formula is C4H7N2O4P. The van der Waals surface area contributed by atoms with Crippen LogP contribution in [0.1, 0.15) is 11.5 Å². The average Bonchev–Trinajstić information content (AvgIpc) is 2.34. The Hall–Kier alpha value is -0.680. The molecule has 0 fully saturated rings. The van der Waals surface area contributed by atoms with Crippen molar-refractivity contribution in [3.8, 4) is 0 Å². The highest BCUT2D eigenvalue weighted by molar-refractivity contribution is 7.51. The monoisotopic (exact) mass is 178 g/mol. The van der Waals surface area contributed by atoms with Crippen LogP contribution >= 0.6 is 7.60 Å². The van der Waals surface area contributed by atoms with Gasteiger partial charge in [-0.05, 0) is 0 Å². The molecule has 0 aliphatic rings. The molecule has 62 valence electrons. The summed E-state index contributed by atoms with van der Waals surface area (Å²) in [6.07, 6.45) is 2.39. The van der Waals surface area contributed by atoms with Gasteiger partial charge in [-0.3, -0.25) is 4.57 Å². The molecule has 0 radical (unpaired) electrons. The lowest BCUT2D eigenvalue weighted by Gasteiger charge is -2.08. The number of rotatable bonds is 2. The molecule has 4 N–H and O–H groups in total. The number of aliphatic hydroxyl groups is 1. The van der Waals surface area contributed by atoms with Crippen molar-refractivity contribution in [2.24, 2.45) is 0 Å². The lowest BCUT2D eigenvalue weighted by molar-refractivity contribution is 0.202. The molecule has 1 aromatic rings. The van der Waals surface area contributed by atoms with Gasteiger partial charge in [0.1, 0.15) is 0 Å². The Morgan fingerprint density at radius 1 is 1.64 bits per heavy atom. The third-order valence-corrected chi connectivity index (χ3v) is 2.03. The quantitative estimate of drug-likeness (QED) is 0.460. The lowest BCUT2D eigenvalue weighted by Crippen LogP contribution is -1.97. The summed E-state index contributed by atoms with van der Waals surface area (Å²) in [7, 11) is -4.46. The van der Waals surface area contributed by atoms with Gasteiger partial charge in [-0.2, -0.15) is 0 Å². The highest BCUT2D eigenvalue weighted by Gasteiger charge is 2.28. The summed E-state index contributed by atoms with van der Waals surface area (Å²) in [4.78, 5) is 22.8. The summed E-state index contributed by atoms with van der Waals surface area (Å²) >= 11 is 0. The second-order valence-corrected chi connectivity index (χ2v) is 3.64. The maximum atomic E-state index is 10.4. The molecule has 0 aliphatic heterocycles. The third kappa shape index (κ3) is 1.87. The van der Waals surface area contributed by atoms with Crippen molar-refractivity contribution in [2.75, 3.05) is 0 Å². The number of imidazole rings is 1. The minimum atomic E-state index is -4.46. The fourth-order valence-electron chi connectivity index (χ4n) is 0.589. The van der Waals surface area contributed by atoms with E-state index < -0.39 is 13.4 Å². The zero-order chi connectivity index (χ0) is 8.48. The number of aromatic nitrogens is 2. The van der Waals surface area contributed by atoms with E-state index in [1.54, 1.807) is 0 Å². The van der Waals surface area contributed by atoms with E-state index in [9.17, 15) is 4.57 Å². The molecule has 1 rings (SSSR count). The summed E-state index contributed by atoms with van der Waals surface area (Å²) in [5.41, 5.74) is 0.0123. The highest BCUT2D eigenvalue weighted by atomic mass is 31.2. The zero-order valence-electron chi connectivity index (χ0n) is 5.38. The van der Waals surface area contributed by atoms with Gasteiger partial charge in [0, 0.05) is 0 Å². The normalized spacial score (nSPS) is 14.8. The second kappa shape index (κ2) is 2.75. The van der Waals surface area contributed by atoms with Crippen molar-refractivity contribution in [2.45, 2.75) is 5.85 Å². The van der Waals surface area contributed by atoms with Gasteiger partial charge in [0.2, 0.25) is 0 Å². The summed E-state index contributed by atoms with van der Waals surface area (Å²) in [5, 5.41) is 8.91.